The van der Waals surface area contributed by atoms with E-state index in [-0.39, 0.29) is 12.2 Å². The lowest BCUT2D eigenvalue weighted by Gasteiger charge is -2.00. The Balaban J connectivity index is 2.68. The summed E-state index contributed by atoms with van der Waals surface area (Å²) in [5.74, 6) is -0.495. The van der Waals surface area contributed by atoms with E-state index in [0.717, 1.165) is 0 Å². The Labute approximate surface area is 90.0 Å². The highest BCUT2D eigenvalue weighted by molar-refractivity contribution is 9.10. The van der Waals surface area contributed by atoms with Crippen molar-refractivity contribution in [1.29, 1.82) is 0 Å². The van der Waals surface area contributed by atoms with Crippen molar-refractivity contribution >= 4 is 21.7 Å². The lowest BCUT2D eigenvalue weighted by atomic mass is 10.1. The SMILES string of the molecule is C=CC(=O)CCc1ncc(Br)cc1F. The predicted octanol–water partition coefficient (Wildman–Crippen LogP) is 2.67. The third kappa shape index (κ3) is 3.03. The van der Waals surface area contributed by atoms with Crippen molar-refractivity contribution in [2.75, 3.05) is 0 Å². The zero-order valence-electron chi connectivity index (χ0n) is 7.46. The molecule has 0 radical (unpaired) electrons. The van der Waals surface area contributed by atoms with E-state index in [9.17, 15) is 9.18 Å². The van der Waals surface area contributed by atoms with Crippen LogP contribution >= 0.6 is 15.9 Å². The second-order valence-electron chi connectivity index (χ2n) is 2.75. The number of rotatable bonds is 4. The first-order chi connectivity index (χ1) is 6.63. The van der Waals surface area contributed by atoms with Gasteiger partial charge in [0.25, 0.3) is 0 Å². The summed E-state index contributed by atoms with van der Waals surface area (Å²) in [7, 11) is 0. The van der Waals surface area contributed by atoms with Crippen molar-refractivity contribution < 1.29 is 9.18 Å². The van der Waals surface area contributed by atoms with Gasteiger partial charge in [0.2, 0.25) is 0 Å². The van der Waals surface area contributed by atoms with Crippen molar-refractivity contribution in [2.45, 2.75) is 12.8 Å². The van der Waals surface area contributed by atoms with Crippen LogP contribution in [0.5, 0.6) is 0 Å². The maximum atomic E-state index is 13.2. The Bertz CT molecular complexity index is 365. The van der Waals surface area contributed by atoms with Crippen LogP contribution in [0.2, 0.25) is 0 Å². The molecule has 0 fully saturated rings. The molecule has 2 nitrogen and oxygen atoms in total. The van der Waals surface area contributed by atoms with Gasteiger partial charge in [-0.05, 0) is 34.5 Å². The predicted molar refractivity (Wildman–Crippen MR) is 55.4 cm³/mol. The van der Waals surface area contributed by atoms with E-state index in [2.05, 4.69) is 27.5 Å². The summed E-state index contributed by atoms with van der Waals surface area (Å²) in [5, 5.41) is 0. The second-order valence-corrected chi connectivity index (χ2v) is 3.67. The van der Waals surface area contributed by atoms with Gasteiger partial charge < -0.3 is 0 Å². The standard InChI is InChI=1S/C10H9BrFNO/c1-2-8(14)3-4-10-9(12)5-7(11)6-13-10/h2,5-6H,1,3-4H2. The highest BCUT2D eigenvalue weighted by Gasteiger charge is 2.05. The van der Waals surface area contributed by atoms with Crippen molar-refractivity contribution in [2.24, 2.45) is 0 Å². The third-order valence-corrected chi connectivity index (χ3v) is 2.15. The number of pyridine rings is 1. The minimum Gasteiger partial charge on any atom is -0.295 e. The topological polar surface area (TPSA) is 30.0 Å². The summed E-state index contributed by atoms with van der Waals surface area (Å²) < 4.78 is 13.8. The van der Waals surface area contributed by atoms with E-state index in [0.29, 0.717) is 16.6 Å². The maximum absolute atomic E-state index is 13.2. The fraction of sp³-hybridized carbons (Fsp3) is 0.200. The Morgan fingerprint density at radius 2 is 2.43 bits per heavy atom. The minimum absolute atomic E-state index is 0.103. The number of hydrogen-bond acceptors (Lipinski definition) is 2. The number of carbonyl (C=O) groups is 1. The molecule has 1 aromatic heterocycles. The Kier molecular flexibility index (Phi) is 3.95. The van der Waals surface area contributed by atoms with Crippen LogP contribution in [-0.2, 0) is 11.2 Å². The molecule has 14 heavy (non-hydrogen) atoms. The molecule has 0 aromatic carbocycles. The molecule has 1 aromatic rings. The Morgan fingerprint density at radius 1 is 1.71 bits per heavy atom. The third-order valence-electron chi connectivity index (χ3n) is 1.72. The van der Waals surface area contributed by atoms with Gasteiger partial charge >= 0.3 is 0 Å². The van der Waals surface area contributed by atoms with E-state index in [4.69, 9.17) is 0 Å². The van der Waals surface area contributed by atoms with Crippen LogP contribution in [-0.4, -0.2) is 10.8 Å². The number of hydrogen-bond donors (Lipinski definition) is 0. The van der Waals surface area contributed by atoms with Gasteiger partial charge in [-0.25, -0.2) is 4.39 Å². The van der Waals surface area contributed by atoms with Gasteiger partial charge in [0.15, 0.2) is 5.78 Å². The first-order valence-electron chi connectivity index (χ1n) is 4.08. The van der Waals surface area contributed by atoms with E-state index in [1.54, 1.807) is 0 Å². The fourth-order valence-electron chi connectivity index (χ4n) is 0.971. The van der Waals surface area contributed by atoms with Crippen molar-refractivity contribution in [3.05, 3.63) is 40.9 Å². The number of carbonyl (C=O) groups excluding carboxylic acids is 1. The van der Waals surface area contributed by atoms with Crippen molar-refractivity contribution in [1.82, 2.24) is 4.98 Å². The van der Waals surface area contributed by atoms with Gasteiger partial charge in [0.05, 0.1) is 5.69 Å². The summed E-state index contributed by atoms with van der Waals surface area (Å²) in [6, 6.07) is 1.33. The van der Waals surface area contributed by atoms with Gasteiger partial charge in [-0.2, -0.15) is 0 Å². The molecule has 0 saturated heterocycles. The van der Waals surface area contributed by atoms with Crippen molar-refractivity contribution in [3.8, 4) is 0 Å². The van der Waals surface area contributed by atoms with E-state index >= 15 is 0 Å². The number of aromatic nitrogens is 1. The number of nitrogens with zero attached hydrogens (tertiary/aromatic N) is 1. The van der Waals surface area contributed by atoms with Crippen LogP contribution in [0.1, 0.15) is 12.1 Å². The maximum Gasteiger partial charge on any atom is 0.155 e. The average Bonchev–Trinajstić information content (AvgIpc) is 2.16. The normalized spacial score (nSPS) is 9.86. The largest absolute Gasteiger partial charge is 0.295 e. The van der Waals surface area contributed by atoms with Gasteiger partial charge in [-0.15, -0.1) is 0 Å². The van der Waals surface area contributed by atoms with Crippen molar-refractivity contribution in [3.63, 3.8) is 0 Å². The average molecular weight is 258 g/mol. The highest BCUT2D eigenvalue weighted by atomic mass is 79.9. The monoisotopic (exact) mass is 257 g/mol. The van der Waals surface area contributed by atoms with Gasteiger partial charge in [0, 0.05) is 17.1 Å². The Morgan fingerprint density at radius 3 is 3.00 bits per heavy atom. The highest BCUT2D eigenvalue weighted by Crippen LogP contribution is 2.13. The van der Waals surface area contributed by atoms with E-state index in [1.165, 1.54) is 18.3 Å². The molecule has 1 rings (SSSR count). The van der Waals surface area contributed by atoms with E-state index < -0.39 is 5.82 Å². The minimum atomic E-state index is -0.392. The van der Waals surface area contributed by atoms with Gasteiger partial charge in [0.1, 0.15) is 5.82 Å². The van der Waals surface area contributed by atoms with Gasteiger partial charge in [-0.1, -0.05) is 6.58 Å². The summed E-state index contributed by atoms with van der Waals surface area (Å²) in [5.41, 5.74) is 0.309. The summed E-state index contributed by atoms with van der Waals surface area (Å²) in [6.45, 7) is 3.34. The molecule has 0 N–H and O–H groups in total. The molecular weight excluding hydrogens is 249 g/mol. The van der Waals surface area contributed by atoms with Crippen LogP contribution in [0.15, 0.2) is 29.4 Å². The molecule has 1 heterocycles. The molecular formula is C10H9BrFNO. The lowest BCUT2D eigenvalue weighted by Crippen LogP contribution is -2.00. The number of allylic oxidation sites excluding steroid dienone is 1. The molecule has 0 bridgehead atoms. The molecule has 4 heteroatoms. The zero-order chi connectivity index (χ0) is 10.6. The van der Waals surface area contributed by atoms with Crippen LogP contribution in [0.25, 0.3) is 0 Å². The Hall–Kier alpha value is -1.03. The molecule has 0 unspecified atom stereocenters. The molecule has 0 saturated carbocycles. The molecule has 0 spiro atoms. The smallest absolute Gasteiger partial charge is 0.155 e. The van der Waals surface area contributed by atoms with Gasteiger partial charge in [-0.3, -0.25) is 9.78 Å². The number of ketones is 1. The van der Waals surface area contributed by atoms with E-state index in [1.807, 2.05) is 0 Å². The number of aryl methyl sites for hydroxylation is 1. The second kappa shape index (κ2) is 5.00. The van der Waals surface area contributed by atoms with Crippen LogP contribution in [0.4, 0.5) is 4.39 Å². The van der Waals surface area contributed by atoms with Crippen LogP contribution < -0.4 is 0 Å². The summed E-state index contributed by atoms with van der Waals surface area (Å²) >= 11 is 3.10. The molecule has 0 aliphatic heterocycles. The summed E-state index contributed by atoms with van der Waals surface area (Å²) in [6.07, 6.45) is 3.30. The molecule has 0 aliphatic rings. The summed E-state index contributed by atoms with van der Waals surface area (Å²) in [4.78, 5) is 14.8. The molecule has 0 amide bonds. The molecule has 0 aliphatic carbocycles. The first kappa shape index (κ1) is 11.0. The molecule has 0 atom stereocenters. The van der Waals surface area contributed by atoms with Crippen LogP contribution in [0.3, 0.4) is 0 Å². The lowest BCUT2D eigenvalue weighted by molar-refractivity contribution is -0.114. The quantitative estimate of drug-likeness (QED) is 0.777. The fourth-order valence-corrected chi connectivity index (χ4v) is 1.27. The zero-order valence-corrected chi connectivity index (χ0v) is 9.05. The first-order valence-corrected chi connectivity index (χ1v) is 4.88. The molecule has 74 valence electrons. The van der Waals surface area contributed by atoms with Crippen LogP contribution in [0, 0.1) is 5.82 Å². The number of halogens is 2.